The first kappa shape index (κ1) is 20.2. The topological polar surface area (TPSA) is 106 Å². The Bertz CT molecular complexity index is 1210. The molecule has 2 N–H and O–H groups in total. The van der Waals surface area contributed by atoms with Crippen LogP contribution in [0.5, 0.6) is 0 Å². The zero-order chi connectivity index (χ0) is 21.5. The van der Waals surface area contributed by atoms with Gasteiger partial charge in [0.05, 0.1) is 24.1 Å². The van der Waals surface area contributed by atoms with Crippen molar-refractivity contribution < 1.29 is 14.6 Å². The summed E-state index contributed by atoms with van der Waals surface area (Å²) in [6, 6.07) is 9.56. The van der Waals surface area contributed by atoms with Crippen molar-refractivity contribution in [3.63, 3.8) is 0 Å². The smallest absolute Gasteiger partial charge is 0.351 e. The largest absolute Gasteiger partial charge is 0.477 e. The maximum Gasteiger partial charge on any atom is 0.351 e. The third kappa shape index (κ3) is 3.86. The van der Waals surface area contributed by atoms with Gasteiger partial charge in [0.2, 0.25) is 5.95 Å². The number of rotatable bonds is 5. The summed E-state index contributed by atoms with van der Waals surface area (Å²) in [5.74, 6) is -0.942. The summed E-state index contributed by atoms with van der Waals surface area (Å²) in [7, 11) is 0. The van der Waals surface area contributed by atoms with E-state index in [1.807, 2.05) is 44.2 Å². The summed E-state index contributed by atoms with van der Waals surface area (Å²) in [5.41, 5.74) is 3.94. The molecule has 30 heavy (non-hydrogen) atoms. The summed E-state index contributed by atoms with van der Waals surface area (Å²) >= 11 is 1.43. The highest BCUT2D eigenvalue weighted by Crippen LogP contribution is 2.37. The second-order valence-corrected chi connectivity index (χ2v) is 8.92. The summed E-state index contributed by atoms with van der Waals surface area (Å²) in [6.07, 6.45) is 0.633. The SMILES string of the molecule is C/C(=N\Nc1nc2sc3c(c2c(=O)n1Cc1ccccc1)CC(C)(C)OC3)C(=O)O. The second-order valence-electron chi connectivity index (χ2n) is 7.84. The van der Waals surface area contributed by atoms with E-state index in [2.05, 4.69) is 15.5 Å². The standard InChI is InChI=1S/C21H22N4O4S/c1-12(19(27)28)23-24-20-22-17-16(14-9-21(2,3)29-11-15(14)30-17)18(26)25(20)10-13-7-5-4-6-8-13/h4-8H,9-11H2,1-3H3,(H,22,24)(H,27,28)/b23-12+. The Labute approximate surface area is 176 Å². The van der Waals surface area contributed by atoms with Crippen molar-refractivity contribution in [2.24, 2.45) is 5.10 Å². The van der Waals surface area contributed by atoms with Crippen LogP contribution in [-0.2, 0) is 29.1 Å². The summed E-state index contributed by atoms with van der Waals surface area (Å²) in [5, 5.41) is 13.6. The molecule has 0 spiro atoms. The van der Waals surface area contributed by atoms with Crippen LogP contribution in [0.3, 0.4) is 0 Å². The van der Waals surface area contributed by atoms with Crippen LogP contribution < -0.4 is 11.0 Å². The van der Waals surface area contributed by atoms with Crippen molar-refractivity contribution in [2.75, 3.05) is 5.43 Å². The predicted octanol–water partition coefficient (Wildman–Crippen LogP) is 3.23. The third-order valence-electron chi connectivity index (χ3n) is 5.01. The Hall–Kier alpha value is -3.04. The maximum absolute atomic E-state index is 13.6. The minimum absolute atomic E-state index is 0.128. The molecule has 0 unspecified atom stereocenters. The zero-order valence-corrected chi connectivity index (χ0v) is 17.7. The van der Waals surface area contributed by atoms with Crippen molar-refractivity contribution >= 4 is 39.2 Å². The average Bonchev–Trinajstić information content (AvgIpc) is 3.05. The Morgan fingerprint density at radius 3 is 2.80 bits per heavy atom. The summed E-state index contributed by atoms with van der Waals surface area (Å²) < 4.78 is 7.40. The van der Waals surface area contributed by atoms with E-state index in [4.69, 9.17) is 9.84 Å². The van der Waals surface area contributed by atoms with Gasteiger partial charge in [0.1, 0.15) is 10.5 Å². The minimum Gasteiger partial charge on any atom is -0.477 e. The number of carboxylic acid groups (broad SMARTS) is 1. The molecular formula is C21H22N4O4S. The first-order chi connectivity index (χ1) is 14.2. The monoisotopic (exact) mass is 426 g/mol. The number of nitrogens with one attached hydrogen (secondary N) is 1. The Balaban J connectivity index is 1.88. The van der Waals surface area contributed by atoms with Crippen molar-refractivity contribution in [1.82, 2.24) is 9.55 Å². The second kappa shape index (κ2) is 7.66. The van der Waals surface area contributed by atoms with Gasteiger partial charge in [-0.15, -0.1) is 11.3 Å². The molecule has 0 saturated carbocycles. The first-order valence-electron chi connectivity index (χ1n) is 9.52. The molecule has 1 aliphatic rings. The van der Waals surface area contributed by atoms with Gasteiger partial charge in [-0.2, -0.15) is 5.10 Å². The number of ether oxygens (including phenoxy) is 1. The van der Waals surface area contributed by atoms with Crippen molar-refractivity contribution in [3.8, 4) is 0 Å². The Morgan fingerprint density at radius 2 is 2.10 bits per heavy atom. The van der Waals surface area contributed by atoms with Gasteiger partial charge in [-0.1, -0.05) is 30.3 Å². The van der Waals surface area contributed by atoms with Crippen LogP contribution in [0.2, 0.25) is 0 Å². The lowest BCUT2D eigenvalue weighted by Crippen LogP contribution is -2.32. The highest BCUT2D eigenvalue weighted by molar-refractivity contribution is 7.18. The number of hydrogen-bond donors (Lipinski definition) is 2. The van der Waals surface area contributed by atoms with Gasteiger partial charge in [0, 0.05) is 11.3 Å². The Kier molecular flexibility index (Phi) is 5.17. The molecule has 1 aromatic carbocycles. The average molecular weight is 426 g/mol. The van der Waals surface area contributed by atoms with Crippen LogP contribution in [0.1, 0.15) is 36.8 Å². The van der Waals surface area contributed by atoms with Gasteiger partial charge in [-0.25, -0.2) is 15.2 Å². The highest BCUT2D eigenvalue weighted by Gasteiger charge is 2.31. The van der Waals surface area contributed by atoms with Crippen LogP contribution in [0, 0.1) is 0 Å². The molecule has 9 heteroatoms. The molecule has 0 bridgehead atoms. The molecule has 0 atom stereocenters. The zero-order valence-electron chi connectivity index (χ0n) is 16.9. The molecule has 2 aromatic heterocycles. The molecule has 0 radical (unpaired) electrons. The third-order valence-corrected chi connectivity index (χ3v) is 6.11. The van der Waals surface area contributed by atoms with Crippen LogP contribution in [0.25, 0.3) is 10.2 Å². The number of carbonyl (C=O) groups is 1. The number of benzene rings is 1. The molecule has 3 aromatic rings. The van der Waals surface area contributed by atoms with E-state index in [1.54, 1.807) is 0 Å². The normalized spacial score (nSPS) is 15.8. The van der Waals surface area contributed by atoms with Crippen molar-refractivity contribution in [3.05, 3.63) is 56.7 Å². The van der Waals surface area contributed by atoms with E-state index in [-0.39, 0.29) is 29.4 Å². The lowest BCUT2D eigenvalue weighted by molar-refractivity contribution is -0.129. The van der Waals surface area contributed by atoms with Gasteiger partial charge in [-0.3, -0.25) is 9.36 Å². The highest BCUT2D eigenvalue weighted by atomic mass is 32.1. The number of nitrogens with zero attached hydrogens (tertiary/aromatic N) is 3. The summed E-state index contributed by atoms with van der Waals surface area (Å²) in [4.78, 5) is 30.9. The fourth-order valence-corrected chi connectivity index (χ4v) is 4.50. The fourth-order valence-electron chi connectivity index (χ4n) is 3.41. The van der Waals surface area contributed by atoms with Gasteiger partial charge >= 0.3 is 5.97 Å². The number of fused-ring (bicyclic) bond motifs is 3. The molecule has 3 heterocycles. The van der Waals surface area contributed by atoms with E-state index in [9.17, 15) is 9.59 Å². The van der Waals surface area contributed by atoms with E-state index >= 15 is 0 Å². The molecule has 0 saturated heterocycles. The molecule has 4 rings (SSSR count). The molecule has 0 amide bonds. The number of aromatic nitrogens is 2. The first-order valence-corrected chi connectivity index (χ1v) is 10.3. The molecule has 156 valence electrons. The summed E-state index contributed by atoms with van der Waals surface area (Å²) in [6.45, 7) is 6.12. The molecule has 8 nitrogen and oxygen atoms in total. The minimum atomic E-state index is -1.15. The lowest BCUT2D eigenvalue weighted by Gasteiger charge is -2.29. The number of thiophene rings is 1. The van der Waals surface area contributed by atoms with Gasteiger partial charge in [0.25, 0.3) is 5.56 Å². The van der Waals surface area contributed by atoms with Crippen molar-refractivity contribution in [2.45, 2.75) is 45.9 Å². The van der Waals surface area contributed by atoms with Gasteiger partial charge in [0.15, 0.2) is 0 Å². The number of anilines is 1. The Morgan fingerprint density at radius 1 is 1.37 bits per heavy atom. The van der Waals surface area contributed by atoms with Crippen LogP contribution in [0.15, 0.2) is 40.2 Å². The van der Waals surface area contributed by atoms with Crippen molar-refractivity contribution in [1.29, 1.82) is 0 Å². The molecular weight excluding hydrogens is 404 g/mol. The van der Waals surface area contributed by atoms with E-state index in [0.717, 1.165) is 16.0 Å². The van der Waals surface area contributed by atoms with Crippen LogP contribution in [-0.4, -0.2) is 31.9 Å². The number of carboxylic acids is 1. The van der Waals surface area contributed by atoms with E-state index < -0.39 is 5.97 Å². The fraction of sp³-hybridized carbons (Fsp3) is 0.333. The molecule has 0 fully saturated rings. The quantitative estimate of drug-likeness (QED) is 0.479. The number of aliphatic carboxylic acids is 1. The van der Waals surface area contributed by atoms with Crippen LogP contribution in [0.4, 0.5) is 5.95 Å². The van der Waals surface area contributed by atoms with Gasteiger partial charge < -0.3 is 9.84 Å². The number of hydrogen-bond acceptors (Lipinski definition) is 7. The molecule has 1 aliphatic heterocycles. The lowest BCUT2D eigenvalue weighted by atomic mass is 9.94. The van der Waals surface area contributed by atoms with E-state index in [0.29, 0.717) is 23.2 Å². The maximum atomic E-state index is 13.6. The number of hydrazone groups is 1. The molecule has 0 aliphatic carbocycles. The van der Waals surface area contributed by atoms with Gasteiger partial charge in [-0.05, 0) is 31.9 Å². The van der Waals surface area contributed by atoms with Crippen LogP contribution >= 0.6 is 11.3 Å². The van der Waals surface area contributed by atoms with E-state index in [1.165, 1.54) is 22.8 Å². The predicted molar refractivity (Wildman–Crippen MR) is 116 cm³/mol.